The predicted molar refractivity (Wildman–Crippen MR) is 57.4 cm³/mol. The molecule has 1 heterocycles. The molecule has 2 N–H and O–H groups in total. The zero-order valence-electron chi connectivity index (χ0n) is 8.47. The summed E-state index contributed by atoms with van der Waals surface area (Å²) in [5, 5.41) is 0.320. The minimum absolute atomic E-state index is 0.00639. The molecule has 0 aromatic carbocycles. The normalized spacial score (nSPS) is 11.4. The van der Waals surface area contributed by atoms with E-state index in [0.29, 0.717) is 10.6 Å². The molecule has 3 nitrogen and oxygen atoms in total. The zero-order chi connectivity index (χ0) is 10.9. The Hall–Kier alpha value is -1.09. The number of pyridine rings is 1. The van der Waals surface area contributed by atoms with Gasteiger partial charge in [-0.05, 0) is 6.07 Å². The molecule has 0 atom stereocenters. The monoisotopic (exact) mass is 212 g/mol. The molecular weight excluding hydrogens is 200 g/mol. The van der Waals surface area contributed by atoms with E-state index >= 15 is 0 Å². The van der Waals surface area contributed by atoms with E-state index in [2.05, 4.69) is 4.98 Å². The zero-order valence-corrected chi connectivity index (χ0v) is 9.22. The molecule has 0 aliphatic carbocycles. The Morgan fingerprint density at radius 1 is 1.50 bits per heavy atom. The number of nitrogens with zero attached hydrogens (tertiary/aromatic N) is 1. The molecule has 0 bridgehead atoms. The highest BCUT2D eigenvalue weighted by Gasteiger charge is 2.23. The quantitative estimate of drug-likeness (QED) is 0.728. The smallest absolute Gasteiger partial charge is 0.169 e. The molecule has 1 rings (SSSR count). The van der Waals surface area contributed by atoms with Crippen molar-refractivity contribution in [1.29, 1.82) is 0 Å². The summed E-state index contributed by atoms with van der Waals surface area (Å²) < 4.78 is 0. The standard InChI is InChI=1S/C10H13ClN2O/c1-10(2,3)8(14)6-4-7(11)9(12)13-5-6/h4-5H,1-3H3,(H2,12,13). The van der Waals surface area contributed by atoms with Gasteiger partial charge < -0.3 is 5.73 Å². The summed E-state index contributed by atoms with van der Waals surface area (Å²) in [5.41, 5.74) is 5.51. The van der Waals surface area contributed by atoms with Crippen LogP contribution in [-0.2, 0) is 0 Å². The average molecular weight is 213 g/mol. The van der Waals surface area contributed by atoms with E-state index in [1.807, 2.05) is 20.8 Å². The first-order chi connectivity index (χ1) is 6.32. The van der Waals surface area contributed by atoms with Crippen molar-refractivity contribution in [1.82, 2.24) is 4.98 Å². The van der Waals surface area contributed by atoms with Crippen LogP contribution in [-0.4, -0.2) is 10.8 Å². The van der Waals surface area contributed by atoms with Crippen molar-refractivity contribution in [2.75, 3.05) is 5.73 Å². The Kier molecular flexibility index (Phi) is 2.81. The Balaban J connectivity index is 3.10. The molecule has 0 saturated carbocycles. The van der Waals surface area contributed by atoms with Crippen molar-refractivity contribution in [3.63, 3.8) is 0 Å². The number of carbonyl (C=O) groups excluding carboxylic acids is 1. The molecule has 1 aromatic heterocycles. The fourth-order valence-corrected chi connectivity index (χ4v) is 1.17. The first kappa shape index (κ1) is 11.0. The molecule has 0 amide bonds. The lowest BCUT2D eigenvalue weighted by atomic mass is 9.87. The van der Waals surface area contributed by atoms with Crippen LogP contribution >= 0.6 is 11.6 Å². The molecule has 0 spiro atoms. The van der Waals surface area contributed by atoms with Gasteiger partial charge in [-0.25, -0.2) is 4.98 Å². The van der Waals surface area contributed by atoms with Crippen LogP contribution in [0.2, 0.25) is 5.02 Å². The molecule has 0 aliphatic rings. The highest BCUT2D eigenvalue weighted by atomic mass is 35.5. The van der Waals surface area contributed by atoms with Crippen molar-refractivity contribution >= 4 is 23.2 Å². The number of rotatable bonds is 1. The topological polar surface area (TPSA) is 56.0 Å². The molecule has 0 radical (unpaired) electrons. The van der Waals surface area contributed by atoms with Crippen LogP contribution in [0.1, 0.15) is 31.1 Å². The van der Waals surface area contributed by atoms with E-state index < -0.39 is 5.41 Å². The van der Waals surface area contributed by atoms with Crippen LogP contribution in [0.3, 0.4) is 0 Å². The second kappa shape index (κ2) is 3.58. The van der Waals surface area contributed by atoms with Gasteiger partial charge in [0.25, 0.3) is 0 Å². The number of anilines is 1. The number of hydrogen-bond acceptors (Lipinski definition) is 3. The lowest BCUT2D eigenvalue weighted by Crippen LogP contribution is -2.20. The predicted octanol–water partition coefficient (Wildman–Crippen LogP) is 2.55. The summed E-state index contributed by atoms with van der Waals surface area (Å²) in [7, 11) is 0. The second-order valence-electron chi connectivity index (χ2n) is 4.17. The minimum Gasteiger partial charge on any atom is -0.382 e. The first-order valence-electron chi connectivity index (χ1n) is 4.28. The van der Waals surface area contributed by atoms with Gasteiger partial charge in [0.1, 0.15) is 5.82 Å². The fourth-order valence-electron chi connectivity index (χ4n) is 1.01. The lowest BCUT2D eigenvalue weighted by Gasteiger charge is -2.16. The summed E-state index contributed by atoms with van der Waals surface area (Å²) in [6.07, 6.45) is 1.45. The summed E-state index contributed by atoms with van der Waals surface area (Å²) >= 11 is 5.77. The maximum atomic E-state index is 11.8. The fraction of sp³-hybridized carbons (Fsp3) is 0.400. The number of hydrogen-bond donors (Lipinski definition) is 1. The van der Waals surface area contributed by atoms with E-state index in [9.17, 15) is 4.79 Å². The van der Waals surface area contributed by atoms with Gasteiger partial charge in [0.2, 0.25) is 0 Å². The Morgan fingerprint density at radius 2 is 2.07 bits per heavy atom. The van der Waals surface area contributed by atoms with Crippen LogP contribution in [0.25, 0.3) is 0 Å². The van der Waals surface area contributed by atoms with E-state index in [1.165, 1.54) is 6.20 Å². The van der Waals surface area contributed by atoms with Gasteiger partial charge in [-0.3, -0.25) is 4.79 Å². The summed E-state index contributed by atoms with van der Waals surface area (Å²) in [6.45, 7) is 5.54. The number of Topliss-reactive ketones (excluding diaryl/α,β-unsaturated/α-hetero) is 1. The van der Waals surface area contributed by atoms with Gasteiger partial charge in [0, 0.05) is 17.2 Å². The van der Waals surface area contributed by atoms with Crippen LogP contribution in [0.4, 0.5) is 5.82 Å². The third kappa shape index (κ3) is 2.23. The van der Waals surface area contributed by atoms with Crippen molar-refractivity contribution in [3.8, 4) is 0 Å². The number of nitrogen functional groups attached to an aromatic ring is 1. The molecule has 1 aromatic rings. The lowest BCUT2D eigenvalue weighted by molar-refractivity contribution is 0.0858. The van der Waals surface area contributed by atoms with Crippen LogP contribution in [0.5, 0.6) is 0 Å². The van der Waals surface area contributed by atoms with Gasteiger partial charge in [0.05, 0.1) is 5.02 Å². The van der Waals surface area contributed by atoms with E-state index in [-0.39, 0.29) is 11.6 Å². The summed E-state index contributed by atoms with van der Waals surface area (Å²) in [6, 6.07) is 1.55. The summed E-state index contributed by atoms with van der Waals surface area (Å²) in [5.74, 6) is 0.254. The van der Waals surface area contributed by atoms with Gasteiger partial charge in [-0.2, -0.15) is 0 Å². The molecule has 0 fully saturated rings. The van der Waals surface area contributed by atoms with Crippen molar-refractivity contribution in [3.05, 3.63) is 22.8 Å². The van der Waals surface area contributed by atoms with E-state index in [0.717, 1.165) is 0 Å². The highest BCUT2D eigenvalue weighted by molar-refractivity contribution is 6.33. The molecule has 0 aliphatic heterocycles. The molecule has 14 heavy (non-hydrogen) atoms. The van der Waals surface area contributed by atoms with Gasteiger partial charge >= 0.3 is 0 Å². The second-order valence-corrected chi connectivity index (χ2v) is 4.58. The SMILES string of the molecule is CC(C)(C)C(=O)c1cnc(N)c(Cl)c1. The summed E-state index contributed by atoms with van der Waals surface area (Å²) in [4.78, 5) is 15.6. The average Bonchev–Trinajstić information content (AvgIpc) is 2.07. The number of carbonyl (C=O) groups is 1. The highest BCUT2D eigenvalue weighted by Crippen LogP contribution is 2.23. The minimum atomic E-state index is -0.429. The Labute approximate surface area is 88.3 Å². The van der Waals surface area contributed by atoms with Crippen LogP contribution < -0.4 is 5.73 Å². The Morgan fingerprint density at radius 3 is 2.50 bits per heavy atom. The van der Waals surface area contributed by atoms with Crippen molar-refractivity contribution in [2.24, 2.45) is 5.41 Å². The van der Waals surface area contributed by atoms with Gasteiger partial charge in [-0.1, -0.05) is 32.4 Å². The molecule has 0 saturated heterocycles. The van der Waals surface area contributed by atoms with Crippen LogP contribution in [0.15, 0.2) is 12.3 Å². The van der Waals surface area contributed by atoms with Crippen LogP contribution in [0, 0.1) is 5.41 Å². The third-order valence-electron chi connectivity index (χ3n) is 1.81. The number of halogens is 1. The third-order valence-corrected chi connectivity index (χ3v) is 2.12. The number of aromatic nitrogens is 1. The van der Waals surface area contributed by atoms with Crippen molar-refractivity contribution < 1.29 is 4.79 Å². The molecule has 76 valence electrons. The number of nitrogens with two attached hydrogens (primary N) is 1. The largest absolute Gasteiger partial charge is 0.382 e. The molecule has 4 heteroatoms. The van der Waals surface area contributed by atoms with Crippen molar-refractivity contribution in [2.45, 2.75) is 20.8 Å². The maximum absolute atomic E-state index is 11.8. The van der Waals surface area contributed by atoms with E-state index in [4.69, 9.17) is 17.3 Å². The number of ketones is 1. The van der Waals surface area contributed by atoms with Gasteiger partial charge in [-0.15, -0.1) is 0 Å². The maximum Gasteiger partial charge on any atom is 0.169 e. The van der Waals surface area contributed by atoms with Gasteiger partial charge in [0.15, 0.2) is 5.78 Å². The van der Waals surface area contributed by atoms with E-state index in [1.54, 1.807) is 6.07 Å². The molecule has 0 unspecified atom stereocenters. The first-order valence-corrected chi connectivity index (χ1v) is 4.66. The Bertz CT molecular complexity index is 369. The molecular formula is C10H13ClN2O.